The van der Waals surface area contributed by atoms with E-state index in [9.17, 15) is 0 Å². The summed E-state index contributed by atoms with van der Waals surface area (Å²) in [6.07, 6.45) is 0. The second kappa shape index (κ2) is 5.87. The van der Waals surface area contributed by atoms with Crippen LogP contribution in [0.2, 0.25) is 0 Å². The molecule has 1 heterocycles. The van der Waals surface area contributed by atoms with Crippen molar-refractivity contribution < 1.29 is 4.74 Å². The summed E-state index contributed by atoms with van der Waals surface area (Å²) in [5.41, 5.74) is 8.17. The number of rotatable bonds is 4. The van der Waals surface area contributed by atoms with Crippen LogP contribution in [-0.4, -0.2) is 24.5 Å². The molecule has 0 saturated heterocycles. The van der Waals surface area contributed by atoms with Crippen molar-refractivity contribution >= 4 is 5.96 Å². The number of hydrogen-bond donors (Lipinski definition) is 1. The third-order valence-corrected chi connectivity index (χ3v) is 3.77. The normalized spacial score (nSPS) is 17.7. The molecule has 0 fully saturated rings. The maximum absolute atomic E-state index is 5.80. The molecule has 0 amide bonds. The van der Waals surface area contributed by atoms with Crippen molar-refractivity contribution in [1.29, 1.82) is 0 Å². The maximum atomic E-state index is 5.80. The minimum absolute atomic E-state index is 0.230. The topological polar surface area (TPSA) is 50.8 Å². The van der Waals surface area contributed by atoms with Crippen molar-refractivity contribution in [2.75, 3.05) is 13.6 Å². The molecule has 1 unspecified atom stereocenters. The van der Waals surface area contributed by atoms with Gasteiger partial charge in [0.2, 0.25) is 0 Å². The van der Waals surface area contributed by atoms with Gasteiger partial charge in [0.25, 0.3) is 0 Å². The highest BCUT2D eigenvalue weighted by Gasteiger charge is 2.23. The molecule has 0 aliphatic carbocycles. The molecule has 4 heteroatoms. The molecule has 1 aliphatic heterocycles. The van der Waals surface area contributed by atoms with Gasteiger partial charge in [-0.2, -0.15) is 0 Å². The Morgan fingerprint density at radius 1 is 1.14 bits per heavy atom. The van der Waals surface area contributed by atoms with Crippen molar-refractivity contribution in [2.24, 2.45) is 10.7 Å². The lowest BCUT2D eigenvalue weighted by Crippen LogP contribution is -2.32. The van der Waals surface area contributed by atoms with E-state index < -0.39 is 0 Å². The van der Waals surface area contributed by atoms with Gasteiger partial charge < -0.3 is 15.4 Å². The number of nitrogens with zero attached hydrogens (tertiary/aromatic N) is 2. The van der Waals surface area contributed by atoms with Crippen LogP contribution in [0.4, 0.5) is 0 Å². The first-order valence-corrected chi connectivity index (χ1v) is 7.03. The molecule has 108 valence electrons. The molecule has 0 spiro atoms. The number of guanidine groups is 1. The molecule has 3 rings (SSSR count). The summed E-state index contributed by atoms with van der Waals surface area (Å²) >= 11 is 0. The van der Waals surface area contributed by atoms with Crippen LogP contribution < -0.4 is 10.5 Å². The summed E-state index contributed by atoms with van der Waals surface area (Å²) in [5, 5.41) is 0. The molecule has 4 nitrogen and oxygen atoms in total. The van der Waals surface area contributed by atoms with Gasteiger partial charge >= 0.3 is 0 Å². The number of aliphatic imine (C=N–C) groups is 1. The fourth-order valence-corrected chi connectivity index (χ4v) is 2.43. The first-order valence-electron chi connectivity index (χ1n) is 7.03. The van der Waals surface area contributed by atoms with Crippen molar-refractivity contribution in [1.82, 2.24) is 4.90 Å². The zero-order chi connectivity index (χ0) is 14.7. The van der Waals surface area contributed by atoms with Crippen LogP contribution in [0, 0.1) is 0 Å². The average Bonchev–Trinajstić information content (AvgIpc) is 2.87. The van der Waals surface area contributed by atoms with Crippen molar-refractivity contribution in [2.45, 2.75) is 12.6 Å². The fraction of sp³-hybridized carbons (Fsp3) is 0.235. The zero-order valence-corrected chi connectivity index (χ0v) is 12.1. The highest BCUT2D eigenvalue weighted by molar-refractivity contribution is 5.80. The van der Waals surface area contributed by atoms with Crippen molar-refractivity contribution in [3.05, 3.63) is 65.7 Å². The van der Waals surface area contributed by atoms with E-state index >= 15 is 0 Å². The highest BCUT2D eigenvalue weighted by atomic mass is 16.5. The third kappa shape index (κ3) is 2.99. The van der Waals surface area contributed by atoms with Crippen LogP contribution in [0.25, 0.3) is 0 Å². The lowest BCUT2D eigenvalue weighted by Gasteiger charge is -2.21. The Bertz CT molecular complexity index is 622. The second-order valence-corrected chi connectivity index (χ2v) is 5.17. The van der Waals surface area contributed by atoms with Crippen LogP contribution in [0.15, 0.2) is 59.6 Å². The van der Waals surface area contributed by atoms with Crippen LogP contribution in [0.5, 0.6) is 5.75 Å². The minimum atomic E-state index is 0.230. The number of likely N-dealkylation sites (N-methyl/N-ethyl adjacent to an activating group) is 1. The number of benzene rings is 2. The lowest BCUT2D eigenvalue weighted by molar-refractivity contribution is 0.306. The minimum Gasteiger partial charge on any atom is -0.489 e. The Balaban J connectivity index is 1.62. The first-order chi connectivity index (χ1) is 10.2. The average molecular weight is 281 g/mol. The number of hydrogen-bond acceptors (Lipinski definition) is 4. The van der Waals surface area contributed by atoms with Gasteiger partial charge in [-0.15, -0.1) is 0 Å². The van der Waals surface area contributed by atoms with Crippen LogP contribution in [0.3, 0.4) is 0 Å². The summed E-state index contributed by atoms with van der Waals surface area (Å²) in [4.78, 5) is 6.26. The van der Waals surface area contributed by atoms with E-state index in [1.54, 1.807) is 0 Å². The summed E-state index contributed by atoms with van der Waals surface area (Å²) in [6, 6.07) is 18.5. The van der Waals surface area contributed by atoms with Crippen molar-refractivity contribution in [3.63, 3.8) is 0 Å². The molecule has 2 aromatic rings. The van der Waals surface area contributed by atoms with Gasteiger partial charge in [0.1, 0.15) is 12.4 Å². The molecule has 2 aromatic carbocycles. The van der Waals surface area contributed by atoms with Gasteiger partial charge in [-0.1, -0.05) is 42.5 Å². The molecule has 0 saturated carbocycles. The molecule has 21 heavy (non-hydrogen) atoms. The van der Waals surface area contributed by atoms with E-state index in [-0.39, 0.29) is 6.04 Å². The van der Waals surface area contributed by atoms with E-state index in [1.807, 2.05) is 42.3 Å². The molecule has 0 bridgehead atoms. The largest absolute Gasteiger partial charge is 0.489 e. The van der Waals surface area contributed by atoms with Gasteiger partial charge in [0.15, 0.2) is 5.96 Å². The Morgan fingerprint density at radius 2 is 1.86 bits per heavy atom. The van der Waals surface area contributed by atoms with Gasteiger partial charge in [-0.3, -0.25) is 4.99 Å². The molecule has 0 radical (unpaired) electrons. The Hall–Kier alpha value is -2.49. The number of ether oxygens (including phenoxy) is 1. The van der Waals surface area contributed by atoms with Crippen molar-refractivity contribution in [3.8, 4) is 5.75 Å². The zero-order valence-electron chi connectivity index (χ0n) is 12.1. The monoisotopic (exact) mass is 281 g/mol. The predicted molar refractivity (Wildman–Crippen MR) is 84.2 cm³/mol. The second-order valence-electron chi connectivity index (χ2n) is 5.17. The van der Waals surface area contributed by atoms with Crippen LogP contribution >= 0.6 is 0 Å². The quantitative estimate of drug-likeness (QED) is 0.937. The van der Waals surface area contributed by atoms with Gasteiger partial charge in [0.05, 0.1) is 12.6 Å². The Morgan fingerprint density at radius 3 is 2.48 bits per heavy atom. The Kier molecular flexibility index (Phi) is 3.77. The summed E-state index contributed by atoms with van der Waals surface area (Å²) in [6.45, 7) is 1.30. The fourth-order valence-electron chi connectivity index (χ4n) is 2.43. The molecule has 0 aromatic heterocycles. The standard InChI is InChI=1S/C17H19N3O/c1-20-16(11-19-17(20)18)14-7-9-15(10-8-14)21-12-13-5-3-2-4-6-13/h2-10,16H,11-12H2,1H3,(H2,18,19). The van der Waals surface area contributed by atoms with Crippen LogP contribution in [-0.2, 0) is 6.61 Å². The van der Waals surface area contributed by atoms with Gasteiger partial charge in [-0.25, -0.2) is 0 Å². The van der Waals surface area contributed by atoms with Gasteiger partial charge in [0, 0.05) is 7.05 Å². The summed E-state index contributed by atoms with van der Waals surface area (Å²) < 4.78 is 5.79. The van der Waals surface area contributed by atoms with E-state index in [1.165, 1.54) is 11.1 Å². The smallest absolute Gasteiger partial charge is 0.191 e. The molecule has 2 N–H and O–H groups in total. The molecular weight excluding hydrogens is 262 g/mol. The Labute approximate surface area is 124 Å². The number of nitrogens with two attached hydrogens (primary N) is 1. The van der Waals surface area contributed by atoms with E-state index in [0.717, 1.165) is 5.75 Å². The first kappa shape index (κ1) is 13.5. The van der Waals surface area contributed by atoms with Gasteiger partial charge in [-0.05, 0) is 23.3 Å². The maximum Gasteiger partial charge on any atom is 0.191 e. The summed E-state index contributed by atoms with van der Waals surface area (Å²) in [5.74, 6) is 1.47. The van der Waals surface area contributed by atoms with E-state index in [4.69, 9.17) is 10.5 Å². The molecular formula is C17H19N3O. The summed E-state index contributed by atoms with van der Waals surface area (Å²) in [7, 11) is 1.97. The third-order valence-electron chi connectivity index (χ3n) is 3.77. The predicted octanol–water partition coefficient (Wildman–Crippen LogP) is 2.57. The lowest BCUT2D eigenvalue weighted by atomic mass is 10.1. The van der Waals surface area contributed by atoms with E-state index in [2.05, 4.69) is 29.3 Å². The SMILES string of the molecule is CN1C(N)=NCC1c1ccc(OCc2ccccc2)cc1. The van der Waals surface area contributed by atoms with Crippen LogP contribution in [0.1, 0.15) is 17.2 Å². The highest BCUT2D eigenvalue weighted by Crippen LogP contribution is 2.25. The van der Waals surface area contributed by atoms with E-state index in [0.29, 0.717) is 19.1 Å². The molecule has 1 atom stereocenters. The molecule has 1 aliphatic rings.